The third-order valence-corrected chi connectivity index (χ3v) is 3.46. The van der Waals surface area contributed by atoms with Gasteiger partial charge in [-0.05, 0) is 18.6 Å². The van der Waals surface area contributed by atoms with Crippen LogP contribution >= 0.6 is 11.6 Å². The fourth-order valence-corrected chi connectivity index (χ4v) is 2.11. The first-order valence-electron chi connectivity index (χ1n) is 6.59. The van der Waals surface area contributed by atoms with Crippen LogP contribution in [0.5, 0.6) is 11.5 Å². The van der Waals surface area contributed by atoms with E-state index in [-0.39, 0.29) is 27.8 Å². The van der Waals surface area contributed by atoms with Gasteiger partial charge in [-0.1, -0.05) is 30.7 Å². The number of non-ortho nitro benzene ring substituents is 1. The molecule has 7 heteroatoms. The lowest BCUT2D eigenvalue weighted by Gasteiger charge is -2.15. The van der Waals surface area contributed by atoms with Crippen molar-refractivity contribution in [2.75, 3.05) is 0 Å². The number of hydrogen-bond acceptors (Lipinski definition) is 4. The molecule has 0 aromatic heterocycles. The first-order chi connectivity index (χ1) is 10.4. The molecular weight excluding hydrogens is 311 g/mol. The summed E-state index contributed by atoms with van der Waals surface area (Å²) in [7, 11) is 0. The molecule has 0 radical (unpaired) electrons. The van der Waals surface area contributed by atoms with Crippen LogP contribution in [0.25, 0.3) is 0 Å². The molecule has 0 fully saturated rings. The number of ether oxygens (including phenoxy) is 1. The zero-order valence-corrected chi connectivity index (χ0v) is 12.5. The summed E-state index contributed by atoms with van der Waals surface area (Å²) in [6.45, 7) is 1.83. The molecule has 2 aromatic carbocycles. The van der Waals surface area contributed by atoms with Crippen molar-refractivity contribution in [1.82, 2.24) is 0 Å². The Morgan fingerprint density at radius 1 is 1.41 bits per heavy atom. The molecule has 0 aliphatic heterocycles. The quantitative estimate of drug-likeness (QED) is 0.644. The Balaban J connectivity index is 2.41. The molecule has 0 saturated heterocycles. The third-order valence-electron chi connectivity index (χ3n) is 3.17. The number of nitrogens with two attached hydrogens (primary N) is 1. The molecule has 0 aliphatic rings. The maximum Gasteiger partial charge on any atom is 0.273 e. The first-order valence-corrected chi connectivity index (χ1v) is 6.97. The number of nitrogens with zero attached hydrogens (tertiary/aromatic N) is 1. The molecule has 0 spiro atoms. The Morgan fingerprint density at radius 2 is 2.14 bits per heavy atom. The molecule has 5 nitrogen and oxygen atoms in total. The molecular formula is C15H14ClFN2O3. The third kappa shape index (κ3) is 3.35. The van der Waals surface area contributed by atoms with Crippen molar-refractivity contribution in [3.05, 3.63) is 62.9 Å². The molecule has 1 atom stereocenters. The zero-order chi connectivity index (χ0) is 16.3. The largest absolute Gasteiger partial charge is 0.452 e. The van der Waals surface area contributed by atoms with Crippen LogP contribution in [-0.2, 0) is 0 Å². The lowest BCUT2D eigenvalue weighted by molar-refractivity contribution is -0.384. The van der Waals surface area contributed by atoms with E-state index in [1.807, 2.05) is 6.92 Å². The highest BCUT2D eigenvalue weighted by Crippen LogP contribution is 2.36. The van der Waals surface area contributed by atoms with E-state index in [1.54, 1.807) is 0 Å². The molecule has 2 aromatic rings. The van der Waals surface area contributed by atoms with Gasteiger partial charge in [0, 0.05) is 17.7 Å². The number of benzene rings is 2. The summed E-state index contributed by atoms with van der Waals surface area (Å²) in [5, 5.41) is 10.8. The Bertz CT molecular complexity index is 709. The minimum Gasteiger partial charge on any atom is -0.452 e. The lowest BCUT2D eigenvalue weighted by atomic mass is 10.0. The second-order valence-electron chi connectivity index (χ2n) is 4.65. The highest BCUT2D eigenvalue weighted by atomic mass is 35.5. The van der Waals surface area contributed by atoms with Crippen LogP contribution in [0.15, 0.2) is 36.4 Å². The van der Waals surface area contributed by atoms with Crippen molar-refractivity contribution in [3.8, 4) is 11.5 Å². The maximum absolute atomic E-state index is 14.5. The van der Waals surface area contributed by atoms with Gasteiger partial charge in [-0.25, -0.2) is 4.39 Å². The second-order valence-corrected chi connectivity index (χ2v) is 5.06. The van der Waals surface area contributed by atoms with Gasteiger partial charge in [-0.15, -0.1) is 0 Å². The predicted molar refractivity (Wildman–Crippen MR) is 81.8 cm³/mol. The Labute approximate surface area is 131 Å². The molecule has 2 N–H and O–H groups in total. The minimum atomic E-state index is -0.659. The van der Waals surface area contributed by atoms with E-state index in [2.05, 4.69) is 0 Å². The fourth-order valence-electron chi connectivity index (χ4n) is 1.93. The van der Waals surface area contributed by atoms with Crippen molar-refractivity contribution < 1.29 is 14.1 Å². The Morgan fingerprint density at radius 3 is 2.77 bits per heavy atom. The van der Waals surface area contributed by atoms with Gasteiger partial charge < -0.3 is 10.5 Å². The van der Waals surface area contributed by atoms with Crippen LogP contribution in [0.1, 0.15) is 24.9 Å². The summed E-state index contributed by atoms with van der Waals surface area (Å²) >= 11 is 5.96. The van der Waals surface area contributed by atoms with Crippen LogP contribution < -0.4 is 10.5 Å². The number of nitro groups is 1. The molecule has 0 heterocycles. The summed E-state index contributed by atoms with van der Waals surface area (Å²) in [5.41, 5.74) is 5.97. The number of nitro benzene ring substituents is 1. The molecule has 0 unspecified atom stereocenters. The van der Waals surface area contributed by atoms with E-state index in [9.17, 15) is 14.5 Å². The second kappa shape index (κ2) is 6.72. The highest BCUT2D eigenvalue weighted by Gasteiger charge is 2.19. The Kier molecular flexibility index (Phi) is 4.95. The smallest absolute Gasteiger partial charge is 0.273 e. The normalized spacial score (nSPS) is 12.0. The van der Waals surface area contributed by atoms with Gasteiger partial charge in [0.2, 0.25) is 0 Å². The number of rotatable bonds is 5. The molecule has 22 heavy (non-hydrogen) atoms. The van der Waals surface area contributed by atoms with Crippen molar-refractivity contribution in [2.45, 2.75) is 19.4 Å². The van der Waals surface area contributed by atoms with Crippen molar-refractivity contribution in [1.29, 1.82) is 0 Å². The summed E-state index contributed by atoms with van der Waals surface area (Å²) < 4.78 is 19.9. The average Bonchev–Trinajstić information content (AvgIpc) is 2.51. The first kappa shape index (κ1) is 16.2. The predicted octanol–water partition coefficient (Wildman–Crippen LogP) is 4.59. The summed E-state index contributed by atoms with van der Waals surface area (Å²) in [5.74, 6) is -0.728. The molecule has 0 amide bonds. The van der Waals surface area contributed by atoms with Crippen LogP contribution in [0, 0.1) is 15.9 Å². The summed E-state index contributed by atoms with van der Waals surface area (Å²) in [4.78, 5) is 10.2. The average molecular weight is 325 g/mol. The summed E-state index contributed by atoms with van der Waals surface area (Å²) in [6.07, 6.45) is 0.550. The highest BCUT2D eigenvalue weighted by molar-refractivity contribution is 6.32. The van der Waals surface area contributed by atoms with Crippen LogP contribution in [0.4, 0.5) is 10.1 Å². The zero-order valence-electron chi connectivity index (χ0n) is 11.8. The standard InChI is InChI=1S/C15H14ClFN2O3/c1-2-13(18)11-6-7-12(16)15(14(11)17)22-10-5-3-4-9(8-10)19(20)21/h3-8,13H,2,18H2,1H3/t13-/m1/s1. The van der Waals surface area contributed by atoms with Gasteiger partial charge in [-0.3, -0.25) is 10.1 Å². The number of halogens is 2. The fraction of sp³-hybridized carbons (Fsp3) is 0.200. The van der Waals surface area contributed by atoms with E-state index in [0.29, 0.717) is 6.42 Å². The van der Waals surface area contributed by atoms with E-state index >= 15 is 0 Å². The van der Waals surface area contributed by atoms with Gasteiger partial charge in [0.1, 0.15) is 5.75 Å². The lowest BCUT2D eigenvalue weighted by Crippen LogP contribution is -2.11. The molecule has 0 aliphatic carbocycles. The van der Waals surface area contributed by atoms with Crippen molar-refractivity contribution >= 4 is 17.3 Å². The van der Waals surface area contributed by atoms with Gasteiger partial charge in [0.15, 0.2) is 11.6 Å². The van der Waals surface area contributed by atoms with Crippen molar-refractivity contribution in [2.24, 2.45) is 5.73 Å². The van der Waals surface area contributed by atoms with Gasteiger partial charge >= 0.3 is 0 Å². The van der Waals surface area contributed by atoms with Gasteiger partial charge in [0.25, 0.3) is 5.69 Å². The Hall–Kier alpha value is -2.18. The van der Waals surface area contributed by atoms with E-state index in [0.717, 1.165) is 0 Å². The van der Waals surface area contributed by atoms with Crippen LogP contribution in [0.2, 0.25) is 5.02 Å². The maximum atomic E-state index is 14.5. The molecule has 0 bridgehead atoms. The molecule has 2 rings (SSSR count). The van der Waals surface area contributed by atoms with Crippen LogP contribution in [-0.4, -0.2) is 4.92 Å². The van der Waals surface area contributed by atoms with Crippen molar-refractivity contribution in [3.63, 3.8) is 0 Å². The van der Waals surface area contributed by atoms with Gasteiger partial charge in [-0.2, -0.15) is 0 Å². The van der Waals surface area contributed by atoms with E-state index in [4.69, 9.17) is 22.1 Å². The minimum absolute atomic E-state index is 0.0658. The van der Waals surface area contributed by atoms with E-state index in [1.165, 1.54) is 36.4 Å². The monoisotopic (exact) mass is 324 g/mol. The molecule has 0 saturated carbocycles. The molecule has 116 valence electrons. The van der Waals surface area contributed by atoms with E-state index < -0.39 is 16.8 Å². The summed E-state index contributed by atoms with van der Waals surface area (Å²) in [6, 6.07) is 7.95. The SMILES string of the molecule is CC[C@@H](N)c1ccc(Cl)c(Oc2cccc([N+](=O)[O-])c2)c1F. The topological polar surface area (TPSA) is 78.4 Å². The number of hydrogen-bond donors (Lipinski definition) is 1. The van der Waals surface area contributed by atoms with Crippen LogP contribution in [0.3, 0.4) is 0 Å². The van der Waals surface area contributed by atoms with Gasteiger partial charge in [0.05, 0.1) is 16.0 Å².